The van der Waals surface area contributed by atoms with E-state index in [4.69, 9.17) is 5.11 Å². The second kappa shape index (κ2) is 7.45. The van der Waals surface area contributed by atoms with Crippen molar-refractivity contribution in [3.05, 3.63) is 38.3 Å². The summed E-state index contributed by atoms with van der Waals surface area (Å²) in [6, 6.07) is 4.80. The van der Waals surface area contributed by atoms with Crippen LogP contribution in [0.5, 0.6) is 0 Å². The fourth-order valence-electron chi connectivity index (χ4n) is 1.66. The van der Waals surface area contributed by atoms with Crippen LogP contribution in [-0.2, 0) is 6.54 Å². The topological polar surface area (TPSA) is 66.6 Å². The molecule has 0 aliphatic carbocycles. The van der Waals surface area contributed by atoms with E-state index in [1.165, 1.54) is 12.1 Å². The highest BCUT2D eigenvalue weighted by Gasteiger charge is 2.11. The molecule has 0 heterocycles. The second-order valence-electron chi connectivity index (χ2n) is 3.98. The van der Waals surface area contributed by atoms with Gasteiger partial charge in [0.2, 0.25) is 0 Å². The minimum absolute atomic E-state index is 0.0871. The van der Waals surface area contributed by atoms with E-state index in [0.29, 0.717) is 0 Å². The van der Waals surface area contributed by atoms with Crippen LogP contribution >= 0.6 is 15.9 Å². The maximum atomic E-state index is 10.6. The molecule has 0 radical (unpaired) electrons. The molecule has 1 N–H and O–H groups in total. The number of hydrogen-bond donors (Lipinski definition) is 1. The monoisotopic (exact) mass is 316 g/mol. The van der Waals surface area contributed by atoms with Gasteiger partial charge in [-0.15, -0.1) is 0 Å². The first kappa shape index (κ1) is 15.1. The highest BCUT2D eigenvalue weighted by atomic mass is 79.9. The van der Waals surface area contributed by atoms with Gasteiger partial charge < -0.3 is 5.11 Å². The molecule has 0 aliphatic heterocycles. The number of nitro benzene ring substituents is 1. The average Bonchev–Trinajstić information content (AvgIpc) is 2.35. The maximum absolute atomic E-state index is 10.6. The molecule has 0 unspecified atom stereocenters. The van der Waals surface area contributed by atoms with E-state index < -0.39 is 4.92 Å². The van der Waals surface area contributed by atoms with E-state index in [2.05, 4.69) is 27.8 Å². The first-order chi connectivity index (χ1) is 8.58. The molecule has 100 valence electrons. The van der Waals surface area contributed by atoms with E-state index in [9.17, 15) is 10.1 Å². The molecule has 1 aromatic carbocycles. The Hall–Kier alpha value is -0.980. The van der Waals surface area contributed by atoms with Crippen molar-refractivity contribution in [2.24, 2.45) is 0 Å². The van der Waals surface area contributed by atoms with Crippen molar-refractivity contribution in [1.29, 1.82) is 0 Å². The third-order valence-electron chi connectivity index (χ3n) is 2.72. The molecule has 0 bridgehead atoms. The lowest BCUT2D eigenvalue weighted by Crippen LogP contribution is -2.24. The lowest BCUT2D eigenvalue weighted by atomic mass is 10.2. The van der Waals surface area contributed by atoms with Crippen LogP contribution in [-0.4, -0.2) is 34.6 Å². The molecule has 5 nitrogen and oxygen atoms in total. The molecule has 0 fully saturated rings. The van der Waals surface area contributed by atoms with Crippen LogP contribution in [0.25, 0.3) is 0 Å². The second-order valence-corrected chi connectivity index (χ2v) is 4.83. The van der Waals surface area contributed by atoms with Gasteiger partial charge in [-0.1, -0.05) is 22.9 Å². The van der Waals surface area contributed by atoms with Gasteiger partial charge in [0.15, 0.2) is 0 Å². The Morgan fingerprint density at radius 2 is 2.22 bits per heavy atom. The van der Waals surface area contributed by atoms with Crippen molar-refractivity contribution in [2.75, 3.05) is 19.7 Å². The van der Waals surface area contributed by atoms with E-state index in [1.54, 1.807) is 6.07 Å². The number of aliphatic hydroxyl groups is 1. The van der Waals surface area contributed by atoms with E-state index in [0.717, 1.165) is 36.1 Å². The Bertz CT molecular complexity index is 412. The van der Waals surface area contributed by atoms with Crippen LogP contribution in [0.1, 0.15) is 18.9 Å². The first-order valence-electron chi connectivity index (χ1n) is 5.84. The fraction of sp³-hybridized carbons (Fsp3) is 0.500. The van der Waals surface area contributed by atoms with Crippen molar-refractivity contribution >= 4 is 21.6 Å². The molecule has 18 heavy (non-hydrogen) atoms. The van der Waals surface area contributed by atoms with Crippen molar-refractivity contribution in [3.8, 4) is 0 Å². The lowest BCUT2D eigenvalue weighted by molar-refractivity contribution is -0.384. The summed E-state index contributed by atoms with van der Waals surface area (Å²) in [5.74, 6) is 0. The van der Waals surface area contributed by atoms with Gasteiger partial charge in [0.25, 0.3) is 5.69 Å². The summed E-state index contributed by atoms with van der Waals surface area (Å²) in [5.41, 5.74) is 1.10. The van der Waals surface area contributed by atoms with Crippen molar-refractivity contribution < 1.29 is 10.0 Å². The summed E-state index contributed by atoms with van der Waals surface area (Å²) in [6.45, 7) is 4.64. The first-order valence-corrected chi connectivity index (χ1v) is 6.63. The van der Waals surface area contributed by atoms with Crippen LogP contribution in [0.2, 0.25) is 0 Å². The summed E-state index contributed by atoms with van der Waals surface area (Å²) in [5, 5.41) is 19.4. The number of halogens is 1. The SMILES string of the molecule is CCN(CCCO)Cc1ccc([N+](=O)[O-])cc1Br. The number of nitro groups is 1. The summed E-state index contributed by atoms with van der Waals surface area (Å²) >= 11 is 3.36. The molecular formula is C12H17BrN2O3. The maximum Gasteiger partial charge on any atom is 0.270 e. The molecular weight excluding hydrogens is 300 g/mol. The number of rotatable bonds is 7. The third-order valence-corrected chi connectivity index (χ3v) is 3.46. The molecule has 1 rings (SSSR count). The van der Waals surface area contributed by atoms with Gasteiger partial charge in [0.05, 0.1) is 4.92 Å². The largest absolute Gasteiger partial charge is 0.396 e. The Balaban J connectivity index is 2.74. The van der Waals surface area contributed by atoms with Gasteiger partial charge in [-0.2, -0.15) is 0 Å². The standard InChI is InChI=1S/C12H17BrN2O3/c1-2-14(6-3-7-16)9-10-4-5-11(15(17)18)8-12(10)13/h4-5,8,16H,2-3,6-7,9H2,1H3. The quantitative estimate of drug-likeness (QED) is 0.620. The molecule has 0 aromatic heterocycles. The summed E-state index contributed by atoms with van der Waals surface area (Å²) in [6.07, 6.45) is 0.735. The van der Waals surface area contributed by atoms with Gasteiger partial charge in [-0.05, 0) is 24.6 Å². The fourth-order valence-corrected chi connectivity index (χ4v) is 2.15. The Kier molecular flexibility index (Phi) is 6.24. The summed E-state index contributed by atoms with van der Waals surface area (Å²) in [7, 11) is 0. The van der Waals surface area contributed by atoms with Crippen molar-refractivity contribution in [1.82, 2.24) is 4.90 Å². The van der Waals surface area contributed by atoms with E-state index in [-0.39, 0.29) is 12.3 Å². The molecule has 0 spiro atoms. The molecule has 0 saturated carbocycles. The van der Waals surface area contributed by atoms with Crippen LogP contribution in [0.3, 0.4) is 0 Å². The number of hydrogen-bond acceptors (Lipinski definition) is 4. The predicted octanol–water partition coefficient (Wildman–Crippen LogP) is 2.56. The van der Waals surface area contributed by atoms with E-state index in [1.807, 2.05) is 0 Å². The average molecular weight is 317 g/mol. The van der Waals surface area contributed by atoms with Gasteiger partial charge in [0.1, 0.15) is 0 Å². The normalized spacial score (nSPS) is 10.9. The number of aliphatic hydroxyl groups excluding tert-OH is 1. The Morgan fingerprint density at radius 3 is 2.72 bits per heavy atom. The zero-order valence-electron chi connectivity index (χ0n) is 10.3. The van der Waals surface area contributed by atoms with Crippen molar-refractivity contribution in [2.45, 2.75) is 19.9 Å². The molecule has 0 amide bonds. The molecule has 1 aromatic rings. The van der Waals surface area contributed by atoms with Crippen LogP contribution < -0.4 is 0 Å². The summed E-state index contributed by atoms with van der Waals surface area (Å²) in [4.78, 5) is 12.4. The predicted molar refractivity (Wildman–Crippen MR) is 73.5 cm³/mol. The minimum atomic E-state index is -0.405. The molecule has 6 heteroatoms. The highest BCUT2D eigenvalue weighted by Crippen LogP contribution is 2.24. The number of non-ortho nitro benzene ring substituents is 1. The van der Waals surface area contributed by atoms with Crippen LogP contribution in [0, 0.1) is 10.1 Å². The van der Waals surface area contributed by atoms with Gasteiger partial charge in [-0.3, -0.25) is 15.0 Å². The number of nitrogens with zero attached hydrogens (tertiary/aromatic N) is 2. The van der Waals surface area contributed by atoms with Crippen LogP contribution in [0.4, 0.5) is 5.69 Å². The highest BCUT2D eigenvalue weighted by molar-refractivity contribution is 9.10. The smallest absolute Gasteiger partial charge is 0.270 e. The lowest BCUT2D eigenvalue weighted by Gasteiger charge is -2.20. The molecule has 0 atom stereocenters. The van der Waals surface area contributed by atoms with Gasteiger partial charge >= 0.3 is 0 Å². The third kappa shape index (κ3) is 4.36. The molecule has 0 aliphatic rings. The molecule has 0 saturated heterocycles. The minimum Gasteiger partial charge on any atom is -0.396 e. The van der Waals surface area contributed by atoms with Gasteiger partial charge in [0, 0.05) is 36.3 Å². The zero-order valence-corrected chi connectivity index (χ0v) is 11.9. The van der Waals surface area contributed by atoms with E-state index >= 15 is 0 Å². The van der Waals surface area contributed by atoms with Crippen molar-refractivity contribution in [3.63, 3.8) is 0 Å². The Morgan fingerprint density at radius 1 is 1.50 bits per heavy atom. The Labute approximate surface area is 115 Å². The summed E-state index contributed by atoms with van der Waals surface area (Å²) < 4.78 is 0.749. The number of benzene rings is 1. The van der Waals surface area contributed by atoms with Gasteiger partial charge in [-0.25, -0.2) is 0 Å². The zero-order chi connectivity index (χ0) is 13.5. The van der Waals surface area contributed by atoms with Crippen LogP contribution in [0.15, 0.2) is 22.7 Å².